The van der Waals surface area contributed by atoms with Gasteiger partial charge in [-0.1, -0.05) is 29.8 Å². The average molecular weight is 344 g/mol. The number of sulfonamides is 1. The molecule has 4 nitrogen and oxygen atoms in total. The predicted octanol–water partition coefficient (Wildman–Crippen LogP) is 3.43. The van der Waals surface area contributed by atoms with Crippen LogP contribution in [-0.2, 0) is 16.4 Å². The second kappa shape index (κ2) is 7.36. The number of rotatable bonds is 6. The lowest BCUT2D eigenvalue weighted by molar-refractivity contribution is 0.343. The third-order valence-electron chi connectivity index (χ3n) is 4.45. The van der Waals surface area contributed by atoms with Crippen LogP contribution < -0.4 is 4.72 Å². The SMILES string of the molecule is Cc1ccc(S(=O)(=O)Nc2ccc(CCN3CCCC3)cc2)cc1. The van der Waals surface area contributed by atoms with E-state index in [1.807, 2.05) is 31.2 Å². The molecule has 1 saturated heterocycles. The Morgan fingerprint density at radius 1 is 0.958 bits per heavy atom. The number of anilines is 1. The van der Waals surface area contributed by atoms with Gasteiger partial charge in [-0.15, -0.1) is 0 Å². The molecule has 2 aromatic rings. The molecule has 2 aromatic carbocycles. The van der Waals surface area contributed by atoms with Gasteiger partial charge in [-0.05, 0) is 69.1 Å². The van der Waals surface area contributed by atoms with Gasteiger partial charge in [-0.25, -0.2) is 8.42 Å². The van der Waals surface area contributed by atoms with Gasteiger partial charge in [-0.3, -0.25) is 4.72 Å². The lowest BCUT2D eigenvalue weighted by atomic mass is 10.1. The van der Waals surface area contributed by atoms with Gasteiger partial charge in [0, 0.05) is 12.2 Å². The third-order valence-corrected chi connectivity index (χ3v) is 5.85. The minimum absolute atomic E-state index is 0.284. The van der Waals surface area contributed by atoms with Crippen molar-refractivity contribution < 1.29 is 8.42 Å². The van der Waals surface area contributed by atoms with E-state index in [1.54, 1.807) is 24.3 Å². The Balaban J connectivity index is 1.61. The van der Waals surface area contributed by atoms with Crippen molar-refractivity contribution in [2.75, 3.05) is 24.4 Å². The Kier molecular flexibility index (Phi) is 5.21. The topological polar surface area (TPSA) is 49.4 Å². The molecule has 1 aliphatic heterocycles. The fourth-order valence-electron chi connectivity index (χ4n) is 2.96. The van der Waals surface area contributed by atoms with Crippen LogP contribution in [0.5, 0.6) is 0 Å². The number of hydrogen-bond donors (Lipinski definition) is 1. The first-order valence-electron chi connectivity index (χ1n) is 8.44. The van der Waals surface area contributed by atoms with Gasteiger partial charge in [-0.2, -0.15) is 0 Å². The molecular formula is C19H24N2O2S. The minimum atomic E-state index is -3.53. The van der Waals surface area contributed by atoms with Gasteiger partial charge >= 0.3 is 0 Å². The van der Waals surface area contributed by atoms with E-state index >= 15 is 0 Å². The summed E-state index contributed by atoms with van der Waals surface area (Å²) in [5.41, 5.74) is 2.87. The highest BCUT2D eigenvalue weighted by atomic mass is 32.2. The first-order valence-corrected chi connectivity index (χ1v) is 9.92. The predicted molar refractivity (Wildman–Crippen MR) is 97.8 cm³/mol. The van der Waals surface area contributed by atoms with Crippen LogP contribution in [0.1, 0.15) is 24.0 Å². The smallest absolute Gasteiger partial charge is 0.261 e. The van der Waals surface area contributed by atoms with Crippen molar-refractivity contribution in [1.82, 2.24) is 4.90 Å². The summed E-state index contributed by atoms with van der Waals surface area (Å²) in [5, 5.41) is 0. The molecule has 0 unspecified atom stereocenters. The molecule has 0 bridgehead atoms. The standard InChI is InChI=1S/C19H24N2O2S/c1-16-4-10-19(11-5-16)24(22,23)20-18-8-6-17(7-9-18)12-15-21-13-2-3-14-21/h4-11,20H,2-3,12-15H2,1H3. The highest BCUT2D eigenvalue weighted by Gasteiger charge is 2.14. The number of likely N-dealkylation sites (tertiary alicyclic amines) is 1. The monoisotopic (exact) mass is 344 g/mol. The zero-order valence-corrected chi connectivity index (χ0v) is 14.8. The molecule has 3 rings (SSSR count). The summed E-state index contributed by atoms with van der Waals surface area (Å²) in [5.74, 6) is 0. The number of hydrogen-bond acceptors (Lipinski definition) is 3. The lowest BCUT2D eigenvalue weighted by Gasteiger charge is -2.14. The maximum atomic E-state index is 12.4. The number of nitrogens with one attached hydrogen (secondary N) is 1. The zero-order valence-electron chi connectivity index (χ0n) is 14.0. The van der Waals surface area contributed by atoms with Gasteiger partial charge in [0.05, 0.1) is 4.90 Å². The van der Waals surface area contributed by atoms with E-state index in [2.05, 4.69) is 9.62 Å². The van der Waals surface area contributed by atoms with E-state index < -0.39 is 10.0 Å². The van der Waals surface area contributed by atoms with Gasteiger partial charge in [0.15, 0.2) is 0 Å². The molecule has 128 valence electrons. The van der Waals surface area contributed by atoms with Crippen LogP contribution in [0.3, 0.4) is 0 Å². The molecule has 0 aromatic heterocycles. The van der Waals surface area contributed by atoms with Gasteiger partial charge in [0.1, 0.15) is 0 Å². The molecule has 0 atom stereocenters. The van der Waals surface area contributed by atoms with Crippen LogP contribution in [-0.4, -0.2) is 33.0 Å². The number of nitrogens with zero attached hydrogens (tertiary/aromatic N) is 1. The number of benzene rings is 2. The molecule has 0 amide bonds. The molecule has 1 fully saturated rings. The Labute approximate surface area is 144 Å². The van der Waals surface area contributed by atoms with Crippen molar-refractivity contribution in [3.8, 4) is 0 Å². The molecule has 1 aliphatic rings. The largest absolute Gasteiger partial charge is 0.303 e. The van der Waals surface area contributed by atoms with Crippen molar-refractivity contribution in [3.63, 3.8) is 0 Å². The second-order valence-electron chi connectivity index (χ2n) is 6.41. The zero-order chi connectivity index (χ0) is 17.0. The van der Waals surface area contributed by atoms with Gasteiger partial charge in [0.2, 0.25) is 0 Å². The van der Waals surface area contributed by atoms with E-state index in [9.17, 15) is 8.42 Å². The number of aryl methyl sites for hydroxylation is 1. The fourth-order valence-corrected chi connectivity index (χ4v) is 4.02. The van der Waals surface area contributed by atoms with Crippen LogP contribution in [0.4, 0.5) is 5.69 Å². The van der Waals surface area contributed by atoms with E-state index in [1.165, 1.54) is 31.5 Å². The van der Waals surface area contributed by atoms with Crippen molar-refractivity contribution in [1.29, 1.82) is 0 Å². The normalized spacial score (nSPS) is 15.5. The van der Waals surface area contributed by atoms with E-state index in [0.717, 1.165) is 18.5 Å². The summed E-state index contributed by atoms with van der Waals surface area (Å²) in [6, 6.07) is 14.5. The third kappa shape index (κ3) is 4.36. The fraction of sp³-hybridized carbons (Fsp3) is 0.368. The Morgan fingerprint density at radius 2 is 1.58 bits per heavy atom. The summed E-state index contributed by atoms with van der Waals surface area (Å²) in [7, 11) is -3.53. The van der Waals surface area contributed by atoms with Crippen molar-refractivity contribution >= 4 is 15.7 Å². The van der Waals surface area contributed by atoms with Crippen LogP contribution in [0.15, 0.2) is 53.4 Å². The van der Waals surface area contributed by atoms with Crippen molar-refractivity contribution in [2.45, 2.75) is 31.1 Å². The van der Waals surface area contributed by atoms with E-state index in [4.69, 9.17) is 0 Å². The maximum Gasteiger partial charge on any atom is 0.261 e. The summed E-state index contributed by atoms with van der Waals surface area (Å²) >= 11 is 0. The maximum absolute atomic E-state index is 12.4. The van der Waals surface area contributed by atoms with Crippen LogP contribution in [0, 0.1) is 6.92 Å². The van der Waals surface area contributed by atoms with Gasteiger partial charge < -0.3 is 4.90 Å². The van der Waals surface area contributed by atoms with Gasteiger partial charge in [0.25, 0.3) is 10.0 Å². The molecule has 24 heavy (non-hydrogen) atoms. The van der Waals surface area contributed by atoms with Crippen LogP contribution >= 0.6 is 0 Å². The van der Waals surface area contributed by atoms with Crippen LogP contribution in [0.25, 0.3) is 0 Å². The lowest BCUT2D eigenvalue weighted by Crippen LogP contribution is -2.21. The highest BCUT2D eigenvalue weighted by Crippen LogP contribution is 2.18. The summed E-state index contributed by atoms with van der Waals surface area (Å²) in [6.45, 7) is 5.42. The molecule has 0 aliphatic carbocycles. The molecule has 0 spiro atoms. The first kappa shape index (κ1) is 17.0. The summed E-state index contributed by atoms with van der Waals surface area (Å²) in [6.07, 6.45) is 3.62. The molecule has 0 radical (unpaired) electrons. The average Bonchev–Trinajstić information content (AvgIpc) is 3.08. The quantitative estimate of drug-likeness (QED) is 0.873. The molecule has 1 heterocycles. The van der Waals surface area contributed by atoms with Crippen molar-refractivity contribution in [3.05, 3.63) is 59.7 Å². The Bertz CT molecular complexity index is 762. The summed E-state index contributed by atoms with van der Waals surface area (Å²) in [4.78, 5) is 2.76. The van der Waals surface area contributed by atoms with E-state index in [-0.39, 0.29) is 4.90 Å². The molecule has 0 saturated carbocycles. The van der Waals surface area contributed by atoms with Crippen molar-refractivity contribution in [2.24, 2.45) is 0 Å². The Hall–Kier alpha value is -1.85. The summed E-state index contributed by atoms with van der Waals surface area (Å²) < 4.78 is 27.4. The molecule has 1 N–H and O–H groups in total. The van der Waals surface area contributed by atoms with Crippen LogP contribution in [0.2, 0.25) is 0 Å². The van der Waals surface area contributed by atoms with E-state index in [0.29, 0.717) is 5.69 Å². The molecule has 5 heteroatoms. The second-order valence-corrected chi connectivity index (χ2v) is 8.10. The molecular weight excluding hydrogens is 320 g/mol. The first-order chi connectivity index (χ1) is 11.5. The minimum Gasteiger partial charge on any atom is -0.303 e. The highest BCUT2D eigenvalue weighted by molar-refractivity contribution is 7.92. The Morgan fingerprint density at radius 3 is 2.21 bits per heavy atom.